The summed E-state index contributed by atoms with van der Waals surface area (Å²) < 4.78 is 11.4. The van der Waals surface area contributed by atoms with Gasteiger partial charge in [-0.15, -0.1) is 0 Å². The Balaban J connectivity index is 1.50. The third-order valence-electron chi connectivity index (χ3n) is 4.26. The van der Waals surface area contributed by atoms with Gasteiger partial charge in [0.05, 0.1) is 12.2 Å². The Morgan fingerprint density at radius 1 is 1.33 bits per heavy atom. The summed E-state index contributed by atoms with van der Waals surface area (Å²) in [4.78, 5) is 11.9. The van der Waals surface area contributed by atoms with Crippen LogP contribution in [0.15, 0.2) is 24.3 Å². The number of nitrogens with one attached hydrogen (secondary N) is 2. The largest absolute Gasteiger partial charge is 0.443 e. The van der Waals surface area contributed by atoms with Gasteiger partial charge in [0.1, 0.15) is 6.10 Å². The van der Waals surface area contributed by atoms with Crippen LogP contribution in [0, 0.1) is 6.92 Å². The lowest BCUT2D eigenvalue weighted by Crippen LogP contribution is -2.41. The van der Waals surface area contributed by atoms with Gasteiger partial charge in [-0.1, -0.05) is 17.7 Å². The van der Waals surface area contributed by atoms with Crippen molar-refractivity contribution in [3.05, 3.63) is 29.8 Å². The summed E-state index contributed by atoms with van der Waals surface area (Å²) in [5.74, 6) is 0. The van der Waals surface area contributed by atoms with Crippen molar-refractivity contribution in [2.45, 2.75) is 37.9 Å². The molecule has 0 bridgehead atoms. The highest BCUT2D eigenvalue weighted by Crippen LogP contribution is 2.35. The number of carbonyl (C=O) groups is 1. The molecule has 1 amide bonds. The SMILES string of the molecule is Cc1ccc(NC(=O)OC2COC3(CCNCC3)C2)cc1. The van der Waals surface area contributed by atoms with Gasteiger partial charge in [0.15, 0.2) is 0 Å². The molecule has 114 valence electrons. The first-order valence-corrected chi connectivity index (χ1v) is 7.54. The topological polar surface area (TPSA) is 59.6 Å². The Hall–Kier alpha value is -1.59. The number of rotatable bonds is 2. The van der Waals surface area contributed by atoms with E-state index in [0.29, 0.717) is 6.61 Å². The average molecular weight is 290 g/mol. The Bertz CT molecular complexity index is 495. The van der Waals surface area contributed by atoms with Crippen molar-refractivity contribution in [1.82, 2.24) is 5.32 Å². The maximum atomic E-state index is 11.9. The summed E-state index contributed by atoms with van der Waals surface area (Å²) in [6.07, 6.45) is 2.24. The highest BCUT2D eigenvalue weighted by Gasteiger charge is 2.42. The van der Waals surface area contributed by atoms with Crippen molar-refractivity contribution < 1.29 is 14.3 Å². The number of ether oxygens (including phenoxy) is 2. The van der Waals surface area contributed by atoms with E-state index in [0.717, 1.165) is 43.6 Å². The van der Waals surface area contributed by atoms with Crippen molar-refractivity contribution in [3.63, 3.8) is 0 Å². The van der Waals surface area contributed by atoms with Gasteiger partial charge in [-0.25, -0.2) is 4.79 Å². The molecule has 0 aliphatic carbocycles. The fourth-order valence-electron chi connectivity index (χ4n) is 3.04. The highest BCUT2D eigenvalue weighted by atomic mass is 16.6. The number of amides is 1. The number of aryl methyl sites for hydroxylation is 1. The molecule has 2 N–H and O–H groups in total. The van der Waals surface area contributed by atoms with Crippen molar-refractivity contribution in [2.24, 2.45) is 0 Å². The summed E-state index contributed by atoms with van der Waals surface area (Å²) in [6, 6.07) is 7.66. The van der Waals surface area contributed by atoms with Crippen LogP contribution in [-0.2, 0) is 9.47 Å². The molecule has 0 radical (unpaired) electrons. The van der Waals surface area contributed by atoms with Crippen molar-refractivity contribution in [3.8, 4) is 0 Å². The molecule has 1 atom stereocenters. The van der Waals surface area contributed by atoms with Crippen molar-refractivity contribution >= 4 is 11.8 Å². The molecule has 0 aromatic heterocycles. The molecule has 5 heteroatoms. The van der Waals surface area contributed by atoms with E-state index in [1.807, 2.05) is 31.2 Å². The van der Waals surface area contributed by atoms with Gasteiger partial charge < -0.3 is 14.8 Å². The first kappa shape index (κ1) is 14.4. The molecule has 3 rings (SSSR count). The molecule has 2 fully saturated rings. The number of piperidine rings is 1. The van der Waals surface area contributed by atoms with Crippen LogP contribution >= 0.6 is 0 Å². The van der Waals surface area contributed by atoms with Gasteiger partial charge in [0.25, 0.3) is 0 Å². The second kappa shape index (κ2) is 6.03. The van der Waals surface area contributed by atoms with E-state index in [9.17, 15) is 4.79 Å². The number of hydrogen-bond donors (Lipinski definition) is 2. The van der Waals surface area contributed by atoms with Crippen molar-refractivity contribution in [1.29, 1.82) is 0 Å². The van der Waals surface area contributed by atoms with Gasteiger partial charge in [0.2, 0.25) is 0 Å². The fraction of sp³-hybridized carbons (Fsp3) is 0.562. The van der Waals surface area contributed by atoms with E-state index in [-0.39, 0.29) is 11.7 Å². The van der Waals surface area contributed by atoms with Crippen LogP contribution in [0.2, 0.25) is 0 Å². The lowest BCUT2D eigenvalue weighted by Gasteiger charge is -2.32. The Kier molecular flexibility index (Phi) is 4.12. The second-order valence-corrected chi connectivity index (χ2v) is 5.97. The van der Waals surface area contributed by atoms with E-state index in [4.69, 9.17) is 9.47 Å². The third-order valence-corrected chi connectivity index (χ3v) is 4.26. The Morgan fingerprint density at radius 2 is 2.05 bits per heavy atom. The normalized spacial score (nSPS) is 24.0. The van der Waals surface area contributed by atoms with Gasteiger partial charge in [-0.3, -0.25) is 5.32 Å². The minimum atomic E-state index is -0.404. The van der Waals surface area contributed by atoms with Gasteiger partial charge in [-0.05, 0) is 45.0 Å². The van der Waals surface area contributed by atoms with Crippen LogP contribution in [0.3, 0.4) is 0 Å². The third kappa shape index (κ3) is 3.54. The lowest BCUT2D eigenvalue weighted by atomic mass is 9.89. The van der Waals surface area contributed by atoms with Crippen LogP contribution in [0.5, 0.6) is 0 Å². The zero-order valence-electron chi connectivity index (χ0n) is 12.4. The van der Waals surface area contributed by atoms with Gasteiger partial charge in [0, 0.05) is 12.1 Å². The van der Waals surface area contributed by atoms with Crippen LogP contribution in [0.25, 0.3) is 0 Å². The fourth-order valence-corrected chi connectivity index (χ4v) is 3.04. The van der Waals surface area contributed by atoms with E-state index in [2.05, 4.69) is 10.6 Å². The standard InChI is InChI=1S/C16H22N2O3/c1-12-2-4-13(5-3-12)18-15(19)21-14-10-16(20-11-14)6-8-17-9-7-16/h2-5,14,17H,6-11H2,1H3,(H,18,19). The van der Waals surface area contributed by atoms with Crippen molar-refractivity contribution in [2.75, 3.05) is 25.0 Å². The summed E-state index contributed by atoms with van der Waals surface area (Å²) in [5, 5.41) is 6.09. The van der Waals surface area contributed by atoms with Crippen LogP contribution < -0.4 is 10.6 Å². The molecule has 2 aliphatic heterocycles. The number of carbonyl (C=O) groups excluding carboxylic acids is 1. The smallest absolute Gasteiger partial charge is 0.411 e. The summed E-state index contributed by atoms with van der Waals surface area (Å²) in [6.45, 7) is 4.46. The summed E-state index contributed by atoms with van der Waals surface area (Å²) in [5.41, 5.74) is 1.83. The monoisotopic (exact) mass is 290 g/mol. The summed E-state index contributed by atoms with van der Waals surface area (Å²) in [7, 11) is 0. The highest BCUT2D eigenvalue weighted by molar-refractivity contribution is 5.84. The Labute approximate surface area is 125 Å². The first-order chi connectivity index (χ1) is 10.2. The van der Waals surface area contributed by atoms with E-state index in [1.54, 1.807) is 0 Å². The predicted molar refractivity (Wildman–Crippen MR) is 80.5 cm³/mol. The predicted octanol–water partition coefficient (Wildman–Crippen LogP) is 2.45. The quantitative estimate of drug-likeness (QED) is 0.878. The van der Waals surface area contributed by atoms with Crippen LogP contribution in [0.4, 0.5) is 10.5 Å². The van der Waals surface area contributed by atoms with E-state index in [1.165, 1.54) is 0 Å². The molecular weight excluding hydrogens is 268 g/mol. The van der Waals surface area contributed by atoms with E-state index >= 15 is 0 Å². The molecule has 21 heavy (non-hydrogen) atoms. The number of anilines is 1. The van der Waals surface area contributed by atoms with Gasteiger partial charge in [-0.2, -0.15) is 0 Å². The maximum Gasteiger partial charge on any atom is 0.411 e. The van der Waals surface area contributed by atoms with E-state index < -0.39 is 6.09 Å². The molecule has 2 aliphatic rings. The minimum absolute atomic E-state index is 0.0833. The zero-order chi connectivity index (χ0) is 14.7. The van der Waals surface area contributed by atoms with Crippen LogP contribution in [-0.4, -0.2) is 37.5 Å². The molecule has 1 unspecified atom stereocenters. The average Bonchev–Trinajstić information content (AvgIpc) is 2.84. The second-order valence-electron chi connectivity index (χ2n) is 5.97. The number of hydrogen-bond acceptors (Lipinski definition) is 4. The maximum absolute atomic E-state index is 11.9. The summed E-state index contributed by atoms with van der Waals surface area (Å²) >= 11 is 0. The molecule has 1 spiro atoms. The first-order valence-electron chi connectivity index (χ1n) is 7.54. The Morgan fingerprint density at radius 3 is 2.76 bits per heavy atom. The zero-order valence-corrected chi connectivity index (χ0v) is 12.4. The lowest BCUT2D eigenvalue weighted by molar-refractivity contribution is -0.0211. The van der Waals surface area contributed by atoms with Gasteiger partial charge >= 0.3 is 6.09 Å². The van der Waals surface area contributed by atoms with Crippen LogP contribution in [0.1, 0.15) is 24.8 Å². The minimum Gasteiger partial charge on any atom is -0.443 e. The molecular formula is C16H22N2O3. The molecule has 1 aromatic rings. The molecule has 2 heterocycles. The molecule has 1 aromatic carbocycles. The molecule has 2 saturated heterocycles. The molecule has 0 saturated carbocycles. The number of benzene rings is 1. The molecule has 5 nitrogen and oxygen atoms in total.